The summed E-state index contributed by atoms with van der Waals surface area (Å²) in [5, 5.41) is 9.03. The highest BCUT2D eigenvalue weighted by Crippen LogP contribution is 2.31. The number of nitrogens with zero attached hydrogens (tertiary/aromatic N) is 1. The van der Waals surface area contributed by atoms with Gasteiger partial charge < -0.3 is 10.1 Å². The molecular formula is C15H18N2O3S. The van der Waals surface area contributed by atoms with Crippen LogP contribution in [0.1, 0.15) is 23.6 Å². The molecule has 21 heavy (non-hydrogen) atoms. The van der Waals surface area contributed by atoms with Crippen LogP contribution in [0.25, 0.3) is 0 Å². The quantitative estimate of drug-likeness (QED) is 0.902. The lowest BCUT2D eigenvalue weighted by atomic mass is 9.99. The highest BCUT2D eigenvalue weighted by atomic mass is 32.2. The van der Waals surface area contributed by atoms with E-state index in [-0.39, 0.29) is 17.4 Å². The highest BCUT2D eigenvalue weighted by Gasteiger charge is 2.33. The van der Waals surface area contributed by atoms with Gasteiger partial charge in [0.25, 0.3) is 0 Å². The minimum Gasteiger partial charge on any atom is -0.390 e. The summed E-state index contributed by atoms with van der Waals surface area (Å²) in [5.41, 5.74) is 1.69. The number of aliphatic hydroxyl groups is 1. The van der Waals surface area contributed by atoms with Crippen LogP contribution in [-0.2, 0) is 16.6 Å². The third kappa shape index (κ3) is 2.74. The first-order chi connectivity index (χ1) is 10.1. The predicted octanol–water partition coefficient (Wildman–Crippen LogP) is 1.69. The molecule has 6 heteroatoms. The van der Waals surface area contributed by atoms with E-state index in [1.54, 1.807) is 0 Å². The van der Waals surface area contributed by atoms with Crippen molar-refractivity contribution in [2.45, 2.75) is 23.8 Å². The Kier molecular flexibility index (Phi) is 3.84. The van der Waals surface area contributed by atoms with Crippen LogP contribution in [0.3, 0.4) is 0 Å². The molecule has 2 heterocycles. The maximum atomic E-state index is 12.6. The number of nitrogens with one attached hydrogen (secondary N) is 1. The lowest BCUT2D eigenvalue weighted by Crippen LogP contribution is -2.28. The number of hydrogen-bond acceptors (Lipinski definition) is 3. The first-order valence-electron chi connectivity index (χ1n) is 6.94. The van der Waals surface area contributed by atoms with Crippen molar-refractivity contribution >= 4 is 10.0 Å². The van der Waals surface area contributed by atoms with E-state index in [2.05, 4.69) is 4.98 Å². The van der Waals surface area contributed by atoms with E-state index < -0.39 is 10.0 Å². The van der Waals surface area contributed by atoms with Gasteiger partial charge in [-0.1, -0.05) is 30.3 Å². The number of aromatic amines is 1. The maximum absolute atomic E-state index is 12.6. The van der Waals surface area contributed by atoms with E-state index in [0.29, 0.717) is 18.8 Å². The van der Waals surface area contributed by atoms with Crippen molar-refractivity contribution in [3.63, 3.8) is 0 Å². The van der Waals surface area contributed by atoms with Crippen LogP contribution in [0.4, 0.5) is 0 Å². The van der Waals surface area contributed by atoms with Crippen molar-refractivity contribution in [1.29, 1.82) is 0 Å². The number of benzene rings is 1. The van der Waals surface area contributed by atoms with Crippen LogP contribution < -0.4 is 0 Å². The van der Waals surface area contributed by atoms with Crippen molar-refractivity contribution in [3.8, 4) is 0 Å². The van der Waals surface area contributed by atoms with Gasteiger partial charge in [0.15, 0.2) is 0 Å². The monoisotopic (exact) mass is 306 g/mol. The Morgan fingerprint density at radius 2 is 2.05 bits per heavy atom. The molecule has 1 aromatic carbocycles. The molecule has 0 spiro atoms. The fraction of sp³-hybridized carbons (Fsp3) is 0.333. The molecule has 0 aliphatic carbocycles. The first-order valence-corrected chi connectivity index (χ1v) is 8.38. The second kappa shape index (κ2) is 5.63. The Balaban J connectivity index is 1.79. The van der Waals surface area contributed by atoms with Gasteiger partial charge in [-0.25, -0.2) is 8.42 Å². The fourth-order valence-corrected chi connectivity index (χ4v) is 4.27. The molecule has 1 aromatic heterocycles. The minimum atomic E-state index is -3.48. The summed E-state index contributed by atoms with van der Waals surface area (Å²) in [6.45, 7) is 0.843. The average Bonchev–Trinajstić information content (AvgIpc) is 3.18. The van der Waals surface area contributed by atoms with Crippen molar-refractivity contribution in [2.24, 2.45) is 0 Å². The predicted molar refractivity (Wildman–Crippen MR) is 79.3 cm³/mol. The summed E-state index contributed by atoms with van der Waals surface area (Å²) < 4.78 is 26.7. The molecule has 1 aliphatic rings. The molecule has 0 saturated carbocycles. The molecule has 1 atom stereocenters. The van der Waals surface area contributed by atoms with Crippen LogP contribution in [0.5, 0.6) is 0 Å². The molecular weight excluding hydrogens is 288 g/mol. The second-order valence-electron chi connectivity index (χ2n) is 5.28. The lowest BCUT2D eigenvalue weighted by Gasteiger charge is -2.15. The van der Waals surface area contributed by atoms with Crippen LogP contribution in [0.2, 0.25) is 0 Å². The Bertz CT molecular complexity index is 710. The normalized spacial score (nSPS) is 20.0. The Morgan fingerprint density at radius 3 is 2.71 bits per heavy atom. The number of aromatic nitrogens is 1. The third-order valence-corrected chi connectivity index (χ3v) is 5.79. The molecule has 1 unspecified atom stereocenters. The van der Waals surface area contributed by atoms with E-state index in [1.165, 1.54) is 22.1 Å². The van der Waals surface area contributed by atoms with Crippen molar-refractivity contribution < 1.29 is 13.5 Å². The zero-order valence-corrected chi connectivity index (χ0v) is 12.4. The Labute approximate surface area is 124 Å². The van der Waals surface area contributed by atoms with Crippen LogP contribution in [0, 0.1) is 0 Å². The van der Waals surface area contributed by atoms with Gasteiger partial charge in [0.2, 0.25) is 10.0 Å². The highest BCUT2D eigenvalue weighted by molar-refractivity contribution is 7.89. The molecule has 0 amide bonds. The summed E-state index contributed by atoms with van der Waals surface area (Å²) in [6.07, 6.45) is 2.28. The van der Waals surface area contributed by atoms with E-state index in [1.807, 2.05) is 30.3 Å². The van der Waals surface area contributed by atoms with E-state index in [4.69, 9.17) is 5.11 Å². The largest absolute Gasteiger partial charge is 0.390 e. The standard InChI is InChI=1S/C15H18N2O3S/c18-11-14-8-15(9-16-14)21(19,20)17-7-6-13(10-17)12-4-2-1-3-5-12/h1-5,8-9,13,16,18H,6-7,10-11H2. The summed E-state index contributed by atoms with van der Waals surface area (Å²) in [5.74, 6) is 0.247. The fourth-order valence-electron chi connectivity index (χ4n) is 2.75. The van der Waals surface area contributed by atoms with Crippen LogP contribution in [-0.4, -0.2) is 35.9 Å². The molecule has 0 radical (unpaired) electrons. The molecule has 1 aliphatic heterocycles. The lowest BCUT2D eigenvalue weighted by molar-refractivity contribution is 0.277. The number of rotatable bonds is 4. The van der Waals surface area contributed by atoms with E-state index in [0.717, 1.165) is 6.42 Å². The number of hydrogen-bond donors (Lipinski definition) is 2. The van der Waals surface area contributed by atoms with Gasteiger partial charge in [0.05, 0.1) is 11.5 Å². The smallest absolute Gasteiger partial charge is 0.244 e. The molecule has 112 valence electrons. The SMILES string of the molecule is O=S(=O)(c1c[nH]c(CO)c1)N1CCC(c2ccccc2)C1. The third-order valence-electron chi connectivity index (χ3n) is 3.95. The Hall–Kier alpha value is -1.63. The first kappa shape index (κ1) is 14.3. The summed E-state index contributed by atoms with van der Waals surface area (Å²) in [4.78, 5) is 2.99. The van der Waals surface area contributed by atoms with Gasteiger partial charge in [-0.2, -0.15) is 4.31 Å². The molecule has 3 rings (SSSR count). The summed E-state index contributed by atoms with van der Waals surface area (Å²) >= 11 is 0. The van der Waals surface area contributed by atoms with Gasteiger partial charge in [0.1, 0.15) is 0 Å². The van der Waals surface area contributed by atoms with Gasteiger partial charge in [-0.05, 0) is 24.0 Å². The molecule has 5 nitrogen and oxygen atoms in total. The number of sulfonamides is 1. The molecule has 2 N–H and O–H groups in total. The van der Waals surface area contributed by atoms with Crippen molar-refractivity contribution in [1.82, 2.24) is 9.29 Å². The molecule has 1 fully saturated rings. The maximum Gasteiger partial charge on any atom is 0.244 e. The van der Waals surface area contributed by atoms with Crippen LogP contribution in [0.15, 0.2) is 47.5 Å². The van der Waals surface area contributed by atoms with Gasteiger partial charge in [-0.3, -0.25) is 0 Å². The molecule has 2 aromatic rings. The number of H-pyrrole nitrogens is 1. The van der Waals surface area contributed by atoms with Crippen LogP contribution >= 0.6 is 0 Å². The zero-order chi connectivity index (χ0) is 14.9. The average molecular weight is 306 g/mol. The van der Waals surface area contributed by atoms with Gasteiger partial charge in [-0.15, -0.1) is 0 Å². The topological polar surface area (TPSA) is 73.4 Å². The number of aliphatic hydroxyl groups excluding tert-OH is 1. The van der Waals surface area contributed by atoms with Crippen molar-refractivity contribution in [2.75, 3.05) is 13.1 Å². The summed E-state index contributed by atoms with van der Waals surface area (Å²) in [7, 11) is -3.48. The zero-order valence-electron chi connectivity index (χ0n) is 11.6. The minimum absolute atomic E-state index is 0.192. The van der Waals surface area contributed by atoms with Gasteiger partial charge >= 0.3 is 0 Å². The van der Waals surface area contributed by atoms with Gasteiger partial charge in [0, 0.05) is 25.0 Å². The Morgan fingerprint density at radius 1 is 1.29 bits per heavy atom. The van der Waals surface area contributed by atoms with E-state index >= 15 is 0 Å². The second-order valence-corrected chi connectivity index (χ2v) is 7.22. The van der Waals surface area contributed by atoms with E-state index in [9.17, 15) is 8.42 Å². The molecule has 0 bridgehead atoms. The van der Waals surface area contributed by atoms with Crippen molar-refractivity contribution in [3.05, 3.63) is 53.9 Å². The summed E-state index contributed by atoms with van der Waals surface area (Å²) in [6, 6.07) is 11.5. The molecule has 1 saturated heterocycles.